The Morgan fingerprint density at radius 3 is 2.41 bits per heavy atom. The maximum absolute atomic E-state index is 12.0. The molecule has 27 heavy (non-hydrogen) atoms. The third kappa shape index (κ3) is 6.89. The Labute approximate surface area is 157 Å². The van der Waals surface area contributed by atoms with E-state index in [-0.39, 0.29) is 36.4 Å². The number of likely N-dealkylation sites (N-methyl/N-ethyl adjacent to an activating group) is 1. The van der Waals surface area contributed by atoms with Gasteiger partial charge in [-0.15, -0.1) is 0 Å². The topological polar surface area (TPSA) is 131 Å². The lowest BCUT2D eigenvalue weighted by atomic mass is 10.1. The van der Waals surface area contributed by atoms with Crippen molar-refractivity contribution < 1.29 is 27.5 Å². The number of carbonyl (C=O) groups excluding carboxylic acids is 3. The minimum absolute atomic E-state index is 0.00606. The van der Waals surface area contributed by atoms with Crippen molar-refractivity contribution in [1.82, 2.24) is 16.2 Å². The molecule has 0 saturated carbocycles. The summed E-state index contributed by atoms with van der Waals surface area (Å²) in [5, 5.41) is 2.60. The number of hydrogen-bond acceptors (Lipinski definition) is 6. The Kier molecular flexibility index (Phi) is 7.17. The minimum Gasteiger partial charge on any atom is -0.484 e. The first-order valence-corrected chi connectivity index (χ1v) is 10.4. The summed E-state index contributed by atoms with van der Waals surface area (Å²) < 4.78 is 28.0. The van der Waals surface area contributed by atoms with Gasteiger partial charge in [-0.3, -0.25) is 25.2 Å². The molecule has 9 nitrogen and oxygen atoms in total. The van der Waals surface area contributed by atoms with Crippen LogP contribution in [0.5, 0.6) is 5.75 Å². The first-order chi connectivity index (χ1) is 12.8. The number of sulfone groups is 1. The largest absolute Gasteiger partial charge is 0.484 e. The van der Waals surface area contributed by atoms with Crippen LogP contribution in [-0.2, 0) is 19.4 Å². The molecule has 10 heteroatoms. The summed E-state index contributed by atoms with van der Waals surface area (Å²) in [6.07, 6.45) is 0.507. The summed E-state index contributed by atoms with van der Waals surface area (Å²) in [7, 11) is -3.04. The second-order valence-electron chi connectivity index (χ2n) is 6.24. The molecule has 0 spiro atoms. The van der Waals surface area contributed by atoms with E-state index in [1.807, 2.05) is 0 Å². The van der Waals surface area contributed by atoms with Crippen LogP contribution in [-0.4, -0.2) is 50.8 Å². The fourth-order valence-corrected chi connectivity index (χ4v) is 4.51. The molecule has 1 unspecified atom stereocenters. The second kappa shape index (κ2) is 9.36. The van der Waals surface area contributed by atoms with Gasteiger partial charge in [0.2, 0.25) is 5.91 Å². The molecule has 0 aromatic heterocycles. The molecule has 1 saturated heterocycles. The maximum Gasteiger partial charge on any atom is 0.269 e. The van der Waals surface area contributed by atoms with Crippen LogP contribution < -0.4 is 20.9 Å². The Bertz CT molecular complexity index is 791. The van der Waals surface area contributed by atoms with Crippen molar-refractivity contribution in [3.05, 3.63) is 29.8 Å². The summed E-state index contributed by atoms with van der Waals surface area (Å²) in [4.78, 5) is 35.2. The van der Waals surface area contributed by atoms with Gasteiger partial charge < -0.3 is 10.1 Å². The van der Waals surface area contributed by atoms with E-state index in [9.17, 15) is 22.8 Å². The smallest absolute Gasteiger partial charge is 0.269 e. The zero-order chi connectivity index (χ0) is 19.9. The normalized spacial score (nSPS) is 17.7. The van der Waals surface area contributed by atoms with Crippen molar-refractivity contribution in [2.45, 2.75) is 19.8 Å². The van der Waals surface area contributed by atoms with Crippen molar-refractivity contribution in [2.75, 3.05) is 24.7 Å². The van der Waals surface area contributed by atoms with E-state index >= 15 is 0 Å². The maximum atomic E-state index is 12.0. The molecule has 3 amide bonds. The van der Waals surface area contributed by atoms with Gasteiger partial charge in [0.05, 0.1) is 11.5 Å². The molecule has 1 aromatic rings. The zero-order valence-corrected chi connectivity index (χ0v) is 15.8. The number of hydrazine groups is 1. The Morgan fingerprint density at radius 2 is 1.81 bits per heavy atom. The van der Waals surface area contributed by atoms with E-state index in [0.717, 1.165) is 0 Å². The number of rotatable bonds is 7. The van der Waals surface area contributed by atoms with Crippen LogP contribution in [0.25, 0.3) is 0 Å². The second-order valence-corrected chi connectivity index (χ2v) is 8.47. The van der Waals surface area contributed by atoms with Gasteiger partial charge in [-0.1, -0.05) is 0 Å². The molecule has 1 heterocycles. The predicted octanol–water partition coefficient (Wildman–Crippen LogP) is -0.213. The van der Waals surface area contributed by atoms with E-state index in [1.54, 1.807) is 19.1 Å². The fraction of sp³-hybridized carbons (Fsp3) is 0.471. The van der Waals surface area contributed by atoms with E-state index in [4.69, 9.17) is 4.74 Å². The highest BCUT2D eigenvalue weighted by molar-refractivity contribution is 7.91. The van der Waals surface area contributed by atoms with E-state index in [1.165, 1.54) is 12.1 Å². The molecule has 1 atom stereocenters. The molecule has 0 radical (unpaired) electrons. The molecule has 148 valence electrons. The molecule has 3 N–H and O–H groups in total. The Hall–Kier alpha value is -2.62. The fourth-order valence-electron chi connectivity index (χ4n) is 2.64. The minimum atomic E-state index is -3.04. The number of amides is 3. The molecule has 1 aromatic carbocycles. The molecule has 2 rings (SSSR count). The van der Waals surface area contributed by atoms with Crippen molar-refractivity contribution in [2.24, 2.45) is 5.92 Å². The van der Waals surface area contributed by atoms with Crippen molar-refractivity contribution in [3.8, 4) is 5.75 Å². The highest BCUT2D eigenvalue weighted by Gasteiger charge is 2.29. The standard InChI is InChI=1S/C17H23N3O6S/c1-2-18-16(22)10-26-14-5-3-13(4-6-14)17(23)20-19-15(21)9-12-7-8-27(24,25)11-12/h3-6,12H,2,7-11H2,1H3,(H,18,22)(H,19,21)(H,20,23). The molecular weight excluding hydrogens is 374 g/mol. The van der Waals surface area contributed by atoms with Crippen LogP contribution in [0.1, 0.15) is 30.1 Å². The summed E-state index contributed by atoms with van der Waals surface area (Å²) in [6.45, 7) is 2.20. The van der Waals surface area contributed by atoms with Gasteiger partial charge in [-0.05, 0) is 43.5 Å². The van der Waals surface area contributed by atoms with Crippen molar-refractivity contribution in [1.29, 1.82) is 0 Å². The number of carbonyl (C=O) groups is 3. The third-order valence-corrected chi connectivity index (χ3v) is 5.81. The van der Waals surface area contributed by atoms with Gasteiger partial charge in [-0.2, -0.15) is 0 Å². The highest BCUT2D eigenvalue weighted by Crippen LogP contribution is 2.21. The molecule has 1 aliphatic heterocycles. The van der Waals surface area contributed by atoms with Gasteiger partial charge in [-0.25, -0.2) is 8.42 Å². The van der Waals surface area contributed by atoms with Crippen LogP contribution in [0, 0.1) is 5.92 Å². The highest BCUT2D eigenvalue weighted by atomic mass is 32.2. The van der Waals surface area contributed by atoms with Gasteiger partial charge in [0.15, 0.2) is 16.4 Å². The quantitative estimate of drug-likeness (QED) is 0.546. The van der Waals surface area contributed by atoms with E-state index in [0.29, 0.717) is 24.3 Å². The Morgan fingerprint density at radius 1 is 1.11 bits per heavy atom. The first kappa shape index (κ1) is 20.7. The summed E-state index contributed by atoms with van der Waals surface area (Å²) >= 11 is 0. The number of nitrogens with one attached hydrogen (secondary N) is 3. The number of benzene rings is 1. The van der Waals surface area contributed by atoms with Crippen molar-refractivity contribution in [3.63, 3.8) is 0 Å². The lowest BCUT2D eigenvalue weighted by molar-refractivity contribution is -0.123. The van der Waals surface area contributed by atoms with Crippen LogP contribution >= 0.6 is 0 Å². The van der Waals surface area contributed by atoms with Crippen molar-refractivity contribution >= 4 is 27.6 Å². The monoisotopic (exact) mass is 397 g/mol. The molecule has 1 fully saturated rings. The van der Waals surface area contributed by atoms with Gasteiger partial charge >= 0.3 is 0 Å². The van der Waals surface area contributed by atoms with Crippen LogP contribution in [0.3, 0.4) is 0 Å². The van der Waals surface area contributed by atoms with Crippen LogP contribution in [0.4, 0.5) is 0 Å². The molecule has 0 bridgehead atoms. The van der Waals surface area contributed by atoms with Gasteiger partial charge in [0.25, 0.3) is 11.8 Å². The molecule has 1 aliphatic rings. The average Bonchev–Trinajstić information content (AvgIpc) is 2.97. The number of ether oxygens (including phenoxy) is 1. The third-order valence-electron chi connectivity index (χ3n) is 3.98. The van der Waals surface area contributed by atoms with E-state index in [2.05, 4.69) is 16.2 Å². The lowest BCUT2D eigenvalue weighted by Crippen LogP contribution is -2.42. The molecular formula is C17H23N3O6S. The SMILES string of the molecule is CCNC(=O)COc1ccc(C(=O)NNC(=O)CC2CCS(=O)(=O)C2)cc1. The molecule has 0 aliphatic carbocycles. The first-order valence-electron chi connectivity index (χ1n) is 8.58. The summed E-state index contributed by atoms with van der Waals surface area (Å²) in [6, 6.07) is 6.08. The van der Waals surface area contributed by atoms with Crippen LogP contribution in [0.15, 0.2) is 24.3 Å². The number of hydrogen-bond donors (Lipinski definition) is 3. The zero-order valence-electron chi connectivity index (χ0n) is 15.0. The van der Waals surface area contributed by atoms with Gasteiger partial charge in [0.1, 0.15) is 5.75 Å². The van der Waals surface area contributed by atoms with Crippen LogP contribution in [0.2, 0.25) is 0 Å². The lowest BCUT2D eigenvalue weighted by Gasteiger charge is -2.10. The average molecular weight is 397 g/mol. The Balaban J connectivity index is 1.75. The predicted molar refractivity (Wildman–Crippen MR) is 97.6 cm³/mol. The summed E-state index contributed by atoms with van der Waals surface area (Å²) in [5.41, 5.74) is 4.87. The van der Waals surface area contributed by atoms with Gasteiger partial charge in [0, 0.05) is 18.5 Å². The summed E-state index contributed by atoms with van der Waals surface area (Å²) in [5.74, 6) is -0.864. The van der Waals surface area contributed by atoms with E-state index < -0.39 is 21.7 Å².